The Morgan fingerprint density at radius 3 is 2.77 bits per heavy atom. The molecular weight excluding hydrogens is 301 g/mol. The van der Waals surface area contributed by atoms with Crippen LogP contribution in [0.15, 0.2) is 18.2 Å². The average Bonchev–Trinajstić information content (AvgIpc) is 2.71. The number of hydrogen-bond donors (Lipinski definition) is 1. The van der Waals surface area contributed by atoms with Gasteiger partial charge in [0.05, 0.1) is 6.61 Å². The van der Waals surface area contributed by atoms with Crippen molar-refractivity contribution in [3.05, 3.63) is 29.6 Å². The lowest BCUT2D eigenvalue weighted by molar-refractivity contribution is -0.141. The number of hydrogen-bond acceptors (Lipinski definition) is 3. The summed E-state index contributed by atoms with van der Waals surface area (Å²) in [6.45, 7) is 3.20. The lowest BCUT2D eigenvalue weighted by atomic mass is 10.2. The zero-order chi connectivity index (χ0) is 16.5. The summed E-state index contributed by atoms with van der Waals surface area (Å²) in [7, 11) is 0. The molecule has 5 nitrogen and oxygen atoms in total. The minimum Gasteiger partial charge on any atom is -0.465 e. The van der Waals surface area contributed by atoms with Gasteiger partial charge in [-0.25, -0.2) is 9.78 Å². The molecule has 1 aliphatic heterocycles. The van der Waals surface area contributed by atoms with Crippen molar-refractivity contribution in [3.8, 4) is 11.8 Å². The van der Waals surface area contributed by atoms with Gasteiger partial charge in [-0.2, -0.15) is 13.2 Å². The summed E-state index contributed by atoms with van der Waals surface area (Å²) in [5.74, 6) is 5.08. The van der Waals surface area contributed by atoms with Crippen LogP contribution < -0.4 is 0 Å². The number of rotatable bonds is 0. The van der Waals surface area contributed by atoms with Gasteiger partial charge in [0.1, 0.15) is 23.2 Å². The summed E-state index contributed by atoms with van der Waals surface area (Å²) in [6, 6.07) is 2.61. The van der Waals surface area contributed by atoms with Gasteiger partial charge in [-0.15, -0.1) is 0 Å². The molecule has 2 rings (SSSR count). The molecule has 1 amide bonds. The first kappa shape index (κ1) is 16.1. The number of alkyl halides is 3. The molecule has 22 heavy (non-hydrogen) atoms. The minimum absolute atomic E-state index is 0.0469. The normalized spacial score (nSPS) is 20.4. The van der Waals surface area contributed by atoms with E-state index in [0.717, 1.165) is 11.0 Å². The van der Waals surface area contributed by atoms with Crippen molar-refractivity contribution in [1.29, 1.82) is 0 Å². The topological polar surface area (TPSA) is 62.7 Å². The second kappa shape index (κ2) is 5.50. The van der Waals surface area contributed by atoms with E-state index in [1.54, 1.807) is 13.8 Å². The Hall–Kier alpha value is -2.27. The van der Waals surface area contributed by atoms with Crippen LogP contribution in [-0.4, -0.2) is 39.5 Å². The Kier molecular flexibility index (Phi) is 4.02. The standard InChI is InChI=1S/C14H13F3N2O3/c1-13(2)19(12(20)21)10(8-22-13)7-6-9-4-3-5-11(18-9)14(15,16)17/h3-5,10H,8H2,1-2H3,(H,20,21)/t10-/m0/s1. The zero-order valence-corrected chi connectivity index (χ0v) is 11.8. The molecule has 1 atom stereocenters. The van der Waals surface area contributed by atoms with E-state index in [1.807, 2.05) is 0 Å². The van der Waals surface area contributed by atoms with Crippen LogP contribution in [0.25, 0.3) is 0 Å². The minimum atomic E-state index is -4.55. The van der Waals surface area contributed by atoms with E-state index in [9.17, 15) is 23.1 Å². The highest BCUT2D eigenvalue weighted by atomic mass is 19.4. The third-order valence-corrected chi connectivity index (χ3v) is 3.10. The van der Waals surface area contributed by atoms with Gasteiger partial charge in [0.25, 0.3) is 0 Å². The maximum Gasteiger partial charge on any atom is 0.433 e. The van der Waals surface area contributed by atoms with Crippen LogP contribution in [0.2, 0.25) is 0 Å². The van der Waals surface area contributed by atoms with Crippen LogP contribution in [0.4, 0.5) is 18.0 Å². The van der Waals surface area contributed by atoms with Crippen LogP contribution in [0.3, 0.4) is 0 Å². The molecule has 1 N–H and O–H groups in total. The fourth-order valence-electron chi connectivity index (χ4n) is 2.09. The first-order valence-corrected chi connectivity index (χ1v) is 6.33. The molecule has 1 aromatic rings. The van der Waals surface area contributed by atoms with Gasteiger partial charge in [-0.3, -0.25) is 4.90 Å². The molecule has 0 radical (unpaired) electrons. The predicted molar refractivity (Wildman–Crippen MR) is 69.8 cm³/mol. The fourth-order valence-corrected chi connectivity index (χ4v) is 2.09. The van der Waals surface area contributed by atoms with Gasteiger partial charge >= 0.3 is 12.3 Å². The number of aromatic nitrogens is 1. The summed E-state index contributed by atoms with van der Waals surface area (Å²) in [4.78, 5) is 15.7. The van der Waals surface area contributed by atoms with E-state index >= 15 is 0 Å². The Bertz CT molecular complexity index is 647. The van der Waals surface area contributed by atoms with Gasteiger partial charge in [0, 0.05) is 0 Å². The first-order valence-electron chi connectivity index (χ1n) is 6.33. The summed E-state index contributed by atoms with van der Waals surface area (Å²) in [6.07, 6.45) is -5.76. The summed E-state index contributed by atoms with van der Waals surface area (Å²) < 4.78 is 43.0. The lowest BCUT2D eigenvalue weighted by Crippen LogP contribution is -2.46. The number of nitrogens with zero attached hydrogens (tertiary/aromatic N) is 2. The third kappa shape index (κ3) is 3.31. The molecule has 0 aliphatic carbocycles. The van der Waals surface area contributed by atoms with E-state index in [1.165, 1.54) is 12.1 Å². The van der Waals surface area contributed by atoms with Crippen molar-refractivity contribution >= 4 is 6.09 Å². The Balaban J connectivity index is 2.26. The Morgan fingerprint density at radius 1 is 1.50 bits per heavy atom. The Morgan fingerprint density at radius 2 is 2.18 bits per heavy atom. The molecule has 1 aliphatic rings. The van der Waals surface area contributed by atoms with Crippen LogP contribution >= 0.6 is 0 Å². The zero-order valence-electron chi connectivity index (χ0n) is 11.8. The van der Waals surface area contributed by atoms with E-state index in [0.29, 0.717) is 0 Å². The van der Waals surface area contributed by atoms with Gasteiger partial charge in [0.2, 0.25) is 0 Å². The molecule has 118 valence electrons. The van der Waals surface area contributed by atoms with Crippen molar-refractivity contribution in [2.75, 3.05) is 6.61 Å². The van der Waals surface area contributed by atoms with E-state index < -0.39 is 29.7 Å². The van der Waals surface area contributed by atoms with E-state index in [2.05, 4.69) is 16.8 Å². The van der Waals surface area contributed by atoms with E-state index in [4.69, 9.17) is 4.74 Å². The fraction of sp³-hybridized carbons (Fsp3) is 0.429. The number of halogens is 3. The highest BCUT2D eigenvalue weighted by Gasteiger charge is 2.43. The second-order valence-corrected chi connectivity index (χ2v) is 5.10. The monoisotopic (exact) mass is 314 g/mol. The first-order chi connectivity index (χ1) is 10.1. The molecule has 8 heteroatoms. The Labute approximate surface area is 124 Å². The molecule has 0 bridgehead atoms. The number of ether oxygens (including phenoxy) is 1. The number of pyridine rings is 1. The summed E-state index contributed by atoms with van der Waals surface area (Å²) >= 11 is 0. The molecule has 1 saturated heterocycles. The number of carbonyl (C=O) groups is 1. The van der Waals surface area contributed by atoms with Crippen molar-refractivity contribution < 1.29 is 27.8 Å². The van der Waals surface area contributed by atoms with Crippen LogP contribution in [0, 0.1) is 11.8 Å². The number of carboxylic acid groups (broad SMARTS) is 1. The molecule has 0 saturated carbocycles. The summed E-state index contributed by atoms with van der Waals surface area (Å²) in [5, 5.41) is 9.18. The quantitative estimate of drug-likeness (QED) is 0.748. The van der Waals surface area contributed by atoms with Crippen LogP contribution in [0.5, 0.6) is 0 Å². The second-order valence-electron chi connectivity index (χ2n) is 5.10. The molecule has 1 fully saturated rings. The molecular formula is C14H13F3N2O3. The maximum atomic E-state index is 12.6. The van der Waals surface area contributed by atoms with Crippen LogP contribution in [0.1, 0.15) is 25.2 Å². The van der Waals surface area contributed by atoms with E-state index in [-0.39, 0.29) is 12.3 Å². The highest BCUT2D eigenvalue weighted by Crippen LogP contribution is 2.28. The molecule has 0 unspecified atom stereocenters. The van der Waals surface area contributed by atoms with Gasteiger partial charge in [-0.05, 0) is 31.9 Å². The van der Waals surface area contributed by atoms with Crippen molar-refractivity contribution in [1.82, 2.24) is 9.88 Å². The van der Waals surface area contributed by atoms with Crippen molar-refractivity contribution in [2.45, 2.75) is 31.8 Å². The van der Waals surface area contributed by atoms with Crippen molar-refractivity contribution in [3.63, 3.8) is 0 Å². The predicted octanol–water partition coefficient (Wildman–Crippen LogP) is 2.57. The smallest absolute Gasteiger partial charge is 0.433 e. The largest absolute Gasteiger partial charge is 0.465 e. The molecule has 2 heterocycles. The SMILES string of the molecule is CC1(C)OC[C@H](C#Cc2cccc(C(F)(F)F)n2)N1C(=O)O. The van der Waals surface area contributed by atoms with Gasteiger partial charge in [0.15, 0.2) is 0 Å². The summed E-state index contributed by atoms with van der Waals surface area (Å²) in [5.41, 5.74) is -2.16. The lowest BCUT2D eigenvalue weighted by Gasteiger charge is -2.28. The molecule has 0 spiro atoms. The maximum absolute atomic E-state index is 12.6. The third-order valence-electron chi connectivity index (χ3n) is 3.10. The number of amides is 1. The van der Waals surface area contributed by atoms with Crippen molar-refractivity contribution in [2.24, 2.45) is 0 Å². The highest BCUT2D eigenvalue weighted by molar-refractivity contribution is 5.67. The average molecular weight is 314 g/mol. The van der Waals surface area contributed by atoms with Gasteiger partial charge < -0.3 is 9.84 Å². The molecule has 0 aromatic carbocycles. The van der Waals surface area contributed by atoms with Crippen LogP contribution in [-0.2, 0) is 10.9 Å². The van der Waals surface area contributed by atoms with Gasteiger partial charge in [-0.1, -0.05) is 12.0 Å². The molecule has 1 aromatic heterocycles.